The zero-order valence-corrected chi connectivity index (χ0v) is 36.5. The Morgan fingerprint density at radius 2 is 0.571 bits per heavy atom. The van der Waals surface area contributed by atoms with Crippen LogP contribution in [-0.4, -0.2) is 11.6 Å². The highest BCUT2D eigenvalue weighted by molar-refractivity contribution is 7.24. The molecule has 0 N–H and O–H groups in total. The molecule has 2 aliphatic carbocycles. The molecule has 0 spiro atoms. The van der Waals surface area contributed by atoms with Crippen molar-refractivity contribution in [1.29, 1.82) is 0 Å². The SMILES string of the molecule is CC.CC.CC.CC.CC.CC.O=C1c2ccccc2C(=O)c2ccccc21.O=c1c2ccccc2sc2ccccc12.c1ccc2c(c1)Cc1ccccc1-2. The van der Waals surface area contributed by atoms with Crippen molar-refractivity contribution in [2.24, 2.45) is 0 Å². The van der Waals surface area contributed by atoms with Crippen LogP contribution in [-0.2, 0) is 6.42 Å². The van der Waals surface area contributed by atoms with Crippen LogP contribution < -0.4 is 5.43 Å². The van der Waals surface area contributed by atoms with Crippen LogP contribution in [0.25, 0.3) is 31.3 Å². The lowest BCUT2D eigenvalue weighted by molar-refractivity contribution is 0.0979. The highest BCUT2D eigenvalue weighted by atomic mass is 32.1. The summed E-state index contributed by atoms with van der Waals surface area (Å²) in [5.41, 5.74) is 7.92. The number of rotatable bonds is 0. The predicted octanol–water partition coefficient (Wildman–Crippen LogP) is 15.3. The highest BCUT2D eigenvalue weighted by Crippen LogP contribution is 2.35. The Morgan fingerprint density at radius 3 is 0.893 bits per heavy atom. The normalized spacial score (nSPS) is 10.2. The quantitative estimate of drug-likeness (QED) is 0.144. The van der Waals surface area contributed by atoms with Gasteiger partial charge in [-0.05, 0) is 52.9 Å². The number of hydrogen-bond donors (Lipinski definition) is 0. The fourth-order valence-electron chi connectivity index (χ4n) is 5.88. The fourth-order valence-corrected chi connectivity index (χ4v) is 6.95. The third-order valence-electron chi connectivity index (χ3n) is 8.02. The van der Waals surface area contributed by atoms with Crippen molar-refractivity contribution < 1.29 is 9.59 Å². The van der Waals surface area contributed by atoms with E-state index in [9.17, 15) is 14.4 Å². The monoisotopic (exact) mass is 766 g/mol. The van der Waals surface area contributed by atoms with Gasteiger partial charge in [0.1, 0.15) is 0 Å². The Balaban J connectivity index is 0.000000371. The van der Waals surface area contributed by atoms with Crippen molar-refractivity contribution in [1.82, 2.24) is 0 Å². The van der Waals surface area contributed by atoms with Crippen molar-refractivity contribution in [2.75, 3.05) is 0 Å². The summed E-state index contributed by atoms with van der Waals surface area (Å²) in [6.07, 6.45) is 1.10. The summed E-state index contributed by atoms with van der Waals surface area (Å²) in [7, 11) is 0. The summed E-state index contributed by atoms with van der Waals surface area (Å²) in [4.78, 5) is 36.3. The number of benzene rings is 6. The van der Waals surface area contributed by atoms with Gasteiger partial charge < -0.3 is 0 Å². The van der Waals surface area contributed by atoms with E-state index in [1.807, 2.05) is 132 Å². The second-order valence-corrected chi connectivity index (χ2v) is 11.7. The molecule has 0 fully saturated rings. The molecule has 4 heteroatoms. The van der Waals surface area contributed by atoms with E-state index in [0.717, 1.165) is 26.6 Å². The molecule has 3 nitrogen and oxygen atoms in total. The lowest BCUT2D eigenvalue weighted by atomic mass is 9.84. The van der Waals surface area contributed by atoms with Crippen LogP contribution in [0, 0.1) is 0 Å². The van der Waals surface area contributed by atoms with Crippen molar-refractivity contribution in [2.45, 2.75) is 89.5 Å². The number of ketones is 2. The zero-order chi connectivity index (χ0) is 42.0. The molecule has 7 aromatic rings. The van der Waals surface area contributed by atoms with Crippen LogP contribution in [0.5, 0.6) is 0 Å². The van der Waals surface area contributed by atoms with Gasteiger partial charge in [0.15, 0.2) is 17.0 Å². The molecule has 6 aromatic carbocycles. The van der Waals surface area contributed by atoms with Crippen LogP contribution in [0.4, 0.5) is 0 Å². The first kappa shape index (κ1) is 48.6. The Labute approximate surface area is 341 Å². The van der Waals surface area contributed by atoms with E-state index in [2.05, 4.69) is 48.5 Å². The molecule has 0 unspecified atom stereocenters. The average molecular weight is 767 g/mol. The molecule has 0 bridgehead atoms. The second kappa shape index (κ2) is 27.2. The van der Waals surface area contributed by atoms with E-state index >= 15 is 0 Å². The molecule has 56 heavy (non-hydrogen) atoms. The van der Waals surface area contributed by atoms with Gasteiger partial charge in [0.25, 0.3) is 0 Å². The van der Waals surface area contributed by atoms with E-state index in [1.165, 1.54) is 22.3 Å². The minimum absolute atomic E-state index is 0.0641. The van der Waals surface area contributed by atoms with Crippen molar-refractivity contribution in [3.8, 4) is 11.1 Å². The third kappa shape index (κ3) is 11.8. The van der Waals surface area contributed by atoms with E-state index in [4.69, 9.17) is 0 Å². The fraction of sp³-hybridized carbons (Fsp3) is 0.250. The minimum atomic E-state index is -0.0641. The molecule has 1 heterocycles. The minimum Gasteiger partial charge on any atom is -0.289 e. The largest absolute Gasteiger partial charge is 0.289 e. The molecular weight excluding hydrogens is 705 g/mol. The van der Waals surface area contributed by atoms with Crippen LogP contribution in [0.1, 0.15) is 126 Å². The van der Waals surface area contributed by atoms with E-state index in [-0.39, 0.29) is 17.0 Å². The Kier molecular flexibility index (Phi) is 23.6. The summed E-state index contributed by atoms with van der Waals surface area (Å²) in [6, 6.07) is 46.7. The Bertz CT molecular complexity index is 2070. The molecule has 0 atom stereocenters. The van der Waals surface area contributed by atoms with Crippen LogP contribution in [0.2, 0.25) is 0 Å². The molecular formula is C52H62O3S. The molecule has 0 amide bonds. The number of carbonyl (C=O) groups excluding carboxylic acids is 2. The van der Waals surface area contributed by atoms with Gasteiger partial charge in [-0.2, -0.15) is 0 Å². The van der Waals surface area contributed by atoms with E-state index in [0.29, 0.717) is 22.3 Å². The zero-order valence-electron chi connectivity index (χ0n) is 35.7. The first-order valence-corrected chi connectivity index (χ1v) is 21.3. The van der Waals surface area contributed by atoms with Crippen LogP contribution in [0.3, 0.4) is 0 Å². The van der Waals surface area contributed by atoms with Gasteiger partial charge in [0, 0.05) is 42.4 Å². The average Bonchev–Trinajstić information content (AvgIpc) is 3.69. The van der Waals surface area contributed by atoms with E-state index < -0.39 is 0 Å². The molecule has 0 aliphatic heterocycles. The first-order chi connectivity index (χ1) is 27.6. The van der Waals surface area contributed by atoms with Gasteiger partial charge in [-0.25, -0.2) is 0 Å². The van der Waals surface area contributed by atoms with Gasteiger partial charge in [-0.3, -0.25) is 14.4 Å². The van der Waals surface area contributed by atoms with E-state index in [1.54, 1.807) is 59.9 Å². The summed E-state index contributed by atoms with van der Waals surface area (Å²) < 4.78 is 2.11. The van der Waals surface area contributed by atoms with Crippen molar-refractivity contribution in [3.63, 3.8) is 0 Å². The summed E-state index contributed by atoms with van der Waals surface area (Å²) >= 11 is 1.67. The maximum absolute atomic E-state index is 12.1. The van der Waals surface area contributed by atoms with Gasteiger partial charge in [0.2, 0.25) is 0 Å². The maximum atomic E-state index is 12.1. The van der Waals surface area contributed by atoms with Gasteiger partial charge in [-0.15, -0.1) is 11.3 Å². The molecule has 2 aliphatic rings. The first-order valence-electron chi connectivity index (χ1n) is 20.4. The third-order valence-corrected chi connectivity index (χ3v) is 9.17. The maximum Gasteiger partial charge on any atom is 0.195 e. The number of fused-ring (bicyclic) bond motifs is 7. The molecule has 0 radical (unpaired) electrons. The smallest absolute Gasteiger partial charge is 0.195 e. The van der Waals surface area contributed by atoms with Crippen LogP contribution in [0.15, 0.2) is 150 Å². The number of carbonyl (C=O) groups is 2. The van der Waals surface area contributed by atoms with Gasteiger partial charge in [0.05, 0.1) is 0 Å². The predicted molar refractivity (Wildman–Crippen MR) is 248 cm³/mol. The summed E-state index contributed by atoms with van der Waals surface area (Å²) in [5, 5.41) is 1.64. The summed E-state index contributed by atoms with van der Waals surface area (Å²) in [6.45, 7) is 24.0. The lowest BCUT2D eigenvalue weighted by Crippen LogP contribution is -2.20. The Morgan fingerprint density at radius 1 is 0.321 bits per heavy atom. The topological polar surface area (TPSA) is 51.2 Å². The number of hydrogen-bond acceptors (Lipinski definition) is 4. The molecule has 1 aromatic heterocycles. The van der Waals surface area contributed by atoms with Crippen LogP contribution >= 0.6 is 11.3 Å². The summed E-state index contributed by atoms with van der Waals surface area (Å²) in [5.74, 6) is -0.128. The molecule has 0 saturated carbocycles. The molecule has 9 rings (SSSR count). The van der Waals surface area contributed by atoms with Crippen molar-refractivity contribution in [3.05, 3.63) is 189 Å². The highest BCUT2D eigenvalue weighted by Gasteiger charge is 2.28. The second-order valence-electron chi connectivity index (χ2n) is 10.7. The van der Waals surface area contributed by atoms with Gasteiger partial charge in [-0.1, -0.05) is 204 Å². The van der Waals surface area contributed by atoms with Gasteiger partial charge >= 0.3 is 0 Å². The molecule has 294 valence electrons. The standard InChI is InChI=1S/C14H8O2.C13H8OS.C13H10.6C2H6/c15-13-9-5-1-2-6-10(9)14(16)12-8-4-3-7-11(12)13;14-13-9-5-1-3-7-11(9)15-12-8-4-2-6-10(12)13;1-3-7-12-10(5-1)9-11-6-2-4-8-13(11)12;6*1-2/h1-8H;1-8H;1-8H,9H2;6*1-2H3. The molecule has 0 saturated heterocycles. The Hall–Kier alpha value is -5.45. The van der Waals surface area contributed by atoms with Crippen molar-refractivity contribution >= 4 is 43.1 Å². The lowest BCUT2D eigenvalue weighted by Gasteiger charge is -2.16.